The molecule has 0 amide bonds. The molecule has 4 heteroatoms. The minimum absolute atomic E-state index is 0.0230. The van der Waals surface area contributed by atoms with Crippen LogP contribution in [-0.2, 0) is 5.41 Å². The summed E-state index contributed by atoms with van der Waals surface area (Å²) in [4.78, 5) is 8.90. The van der Waals surface area contributed by atoms with Gasteiger partial charge in [-0.1, -0.05) is 39.0 Å². The van der Waals surface area contributed by atoms with E-state index < -0.39 is 0 Å². The maximum absolute atomic E-state index is 10.2. The Balaban J connectivity index is 2.23. The number of aromatic hydroxyl groups is 1. The van der Waals surface area contributed by atoms with Crippen LogP contribution in [0.5, 0.6) is 5.75 Å². The molecule has 0 bridgehead atoms. The van der Waals surface area contributed by atoms with Gasteiger partial charge in [0.15, 0.2) is 5.82 Å². The Morgan fingerprint density at radius 1 is 1.00 bits per heavy atom. The Kier molecular flexibility index (Phi) is 3.24. The van der Waals surface area contributed by atoms with Gasteiger partial charge in [0, 0.05) is 5.39 Å². The molecule has 0 aliphatic heterocycles. The summed E-state index contributed by atoms with van der Waals surface area (Å²) in [6.07, 6.45) is 0. The zero-order chi connectivity index (χ0) is 15.9. The molecule has 2 aromatic carbocycles. The van der Waals surface area contributed by atoms with E-state index in [1.807, 2.05) is 36.4 Å². The van der Waals surface area contributed by atoms with Gasteiger partial charge in [-0.15, -0.1) is 0 Å². The summed E-state index contributed by atoms with van der Waals surface area (Å²) in [5, 5.41) is 11.0. The third-order valence-corrected chi connectivity index (χ3v) is 3.74. The summed E-state index contributed by atoms with van der Waals surface area (Å²) in [6, 6.07) is 13.1. The number of nitrogens with two attached hydrogens (primary N) is 1. The highest BCUT2D eigenvalue weighted by Crippen LogP contribution is 2.33. The molecule has 4 nitrogen and oxygen atoms in total. The highest BCUT2D eigenvalue weighted by Gasteiger charge is 2.18. The Morgan fingerprint density at radius 3 is 2.45 bits per heavy atom. The van der Waals surface area contributed by atoms with E-state index in [2.05, 4.69) is 30.7 Å². The van der Waals surface area contributed by atoms with E-state index in [0.29, 0.717) is 17.2 Å². The first kappa shape index (κ1) is 14.3. The zero-order valence-electron chi connectivity index (χ0n) is 13.0. The van der Waals surface area contributed by atoms with Crippen molar-refractivity contribution in [1.82, 2.24) is 9.97 Å². The first-order valence-electron chi connectivity index (χ1n) is 7.22. The molecule has 3 N–H and O–H groups in total. The van der Waals surface area contributed by atoms with E-state index in [1.54, 1.807) is 6.07 Å². The summed E-state index contributed by atoms with van der Waals surface area (Å²) in [7, 11) is 0. The van der Waals surface area contributed by atoms with Crippen molar-refractivity contribution >= 4 is 16.7 Å². The van der Waals surface area contributed by atoms with Gasteiger partial charge in [0.1, 0.15) is 11.6 Å². The molecular weight excluding hydrogens is 274 g/mol. The van der Waals surface area contributed by atoms with Gasteiger partial charge >= 0.3 is 0 Å². The van der Waals surface area contributed by atoms with Crippen molar-refractivity contribution in [3.63, 3.8) is 0 Å². The van der Waals surface area contributed by atoms with Gasteiger partial charge in [0.25, 0.3) is 0 Å². The standard InChI is InChI=1S/C18H19N3O/c1-18(2,3)11-8-9-15(22)13(10-11)17-20-14-7-5-4-6-12(14)16(19)21-17/h4-10,22H,1-3H3,(H2,19,20,21). The molecule has 0 atom stereocenters. The summed E-state index contributed by atoms with van der Waals surface area (Å²) in [5.41, 5.74) is 8.49. The molecule has 1 heterocycles. The largest absolute Gasteiger partial charge is 0.507 e. The average molecular weight is 293 g/mol. The van der Waals surface area contributed by atoms with Crippen LogP contribution in [0.15, 0.2) is 42.5 Å². The van der Waals surface area contributed by atoms with Gasteiger partial charge in [-0.3, -0.25) is 0 Å². The van der Waals surface area contributed by atoms with E-state index >= 15 is 0 Å². The number of phenols is 1. The van der Waals surface area contributed by atoms with E-state index in [9.17, 15) is 5.11 Å². The van der Waals surface area contributed by atoms with E-state index in [4.69, 9.17) is 5.73 Å². The highest BCUT2D eigenvalue weighted by atomic mass is 16.3. The van der Waals surface area contributed by atoms with Crippen molar-refractivity contribution < 1.29 is 5.11 Å². The molecule has 0 saturated carbocycles. The Morgan fingerprint density at radius 2 is 1.73 bits per heavy atom. The predicted octanol–water partition coefficient (Wildman–Crippen LogP) is 3.88. The van der Waals surface area contributed by atoms with Crippen LogP contribution in [0.4, 0.5) is 5.82 Å². The van der Waals surface area contributed by atoms with E-state index in [-0.39, 0.29) is 11.2 Å². The first-order chi connectivity index (χ1) is 10.4. The second-order valence-corrected chi connectivity index (χ2v) is 6.43. The maximum atomic E-state index is 10.2. The van der Waals surface area contributed by atoms with Crippen LogP contribution >= 0.6 is 0 Å². The Labute approximate surface area is 129 Å². The molecule has 1 aromatic heterocycles. The molecule has 0 radical (unpaired) electrons. The predicted molar refractivity (Wildman–Crippen MR) is 89.8 cm³/mol. The number of phenolic OH excluding ortho intramolecular Hbond substituents is 1. The molecule has 0 saturated heterocycles. The SMILES string of the molecule is CC(C)(C)c1ccc(O)c(-c2nc(N)c3ccccc3n2)c1. The van der Waals surface area contributed by atoms with Crippen LogP contribution in [-0.4, -0.2) is 15.1 Å². The number of hydrogen-bond donors (Lipinski definition) is 2. The topological polar surface area (TPSA) is 72.0 Å². The molecule has 0 unspecified atom stereocenters. The van der Waals surface area contributed by atoms with Crippen molar-refractivity contribution in [2.24, 2.45) is 0 Å². The van der Waals surface area contributed by atoms with Crippen LogP contribution in [0, 0.1) is 0 Å². The summed E-state index contributed by atoms with van der Waals surface area (Å²) in [6.45, 7) is 6.37. The van der Waals surface area contributed by atoms with Crippen molar-refractivity contribution in [2.45, 2.75) is 26.2 Å². The second kappa shape index (κ2) is 4.98. The summed E-state index contributed by atoms with van der Waals surface area (Å²) in [5.74, 6) is 1.02. The number of fused-ring (bicyclic) bond motifs is 1. The van der Waals surface area contributed by atoms with Gasteiger partial charge in [-0.2, -0.15) is 0 Å². The fraction of sp³-hybridized carbons (Fsp3) is 0.222. The summed E-state index contributed by atoms with van der Waals surface area (Å²) >= 11 is 0. The third kappa shape index (κ3) is 2.48. The van der Waals surface area contributed by atoms with Crippen molar-refractivity contribution in [1.29, 1.82) is 0 Å². The number of rotatable bonds is 1. The molecular formula is C18H19N3O. The fourth-order valence-electron chi connectivity index (χ4n) is 2.40. The first-order valence-corrected chi connectivity index (χ1v) is 7.22. The normalized spacial score (nSPS) is 11.8. The van der Waals surface area contributed by atoms with Gasteiger partial charge < -0.3 is 10.8 Å². The lowest BCUT2D eigenvalue weighted by Gasteiger charge is -2.20. The smallest absolute Gasteiger partial charge is 0.165 e. The van der Waals surface area contributed by atoms with Gasteiger partial charge in [-0.05, 0) is 35.2 Å². The highest BCUT2D eigenvalue weighted by molar-refractivity contribution is 5.89. The van der Waals surface area contributed by atoms with Crippen molar-refractivity contribution in [3.05, 3.63) is 48.0 Å². The van der Waals surface area contributed by atoms with Gasteiger partial charge in [0.2, 0.25) is 0 Å². The second-order valence-electron chi connectivity index (χ2n) is 6.43. The lowest BCUT2D eigenvalue weighted by Crippen LogP contribution is -2.11. The number of aromatic nitrogens is 2. The minimum atomic E-state index is -0.0230. The average Bonchev–Trinajstić information content (AvgIpc) is 2.46. The number of anilines is 1. The number of nitrogen functional groups attached to an aromatic ring is 1. The van der Waals surface area contributed by atoms with E-state index in [1.165, 1.54) is 0 Å². The summed E-state index contributed by atoms with van der Waals surface area (Å²) < 4.78 is 0. The van der Waals surface area contributed by atoms with Crippen LogP contribution < -0.4 is 5.73 Å². The molecule has 3 rings (SSSR count). The minimum Gasteiger partial charge on any atom is -0.507 e. The number of para-hydroxylation sites is 1. The number of nitrogens with zero attached hydrogens (tertiary/aromatic N) is 2. The Bertz CT molecular complexity index is 851. The van der Waals surface area contributed by atoms with Crippen molar-refractivity contribution in [3.8, 4) is 17.1 Å². The monoisotopic (exact) mass is 293 g/mol. The van der Waals surface area contributed by atoms with Gasteiger partial charge in [-0.25, -0.2) is 9.97 Å². The molecule has 0 spiro atoms. The molecule has 0 fully saturated rings. The number of benzene rings is 2. The van der Waals surface area contributed by atoms with Crippen LogP contribution in [0.2, 0.25) is 0 Å². The van der Waals surface area contributed by atoms with Gasteiger partial charge in [0.05, 0.1) is 11.1 Å². The third-order valence-electron chi connectivity index (χ3n) is 3.74. The zero-order valence-corrected chi connectivity index (χ0v) is 13.0. The molecule has 3 aromatic rings. The van der Waals surface area contributed by atoms with Crippen LogP contribution in [0.1, 0.15) is 26.3 Å². The van der Waals surface area contributed by atoms with Crippen LogP contribution in [0.25, 0.3) is 22.3 Å². The van der Waals surface area contributed by atoms with E-state index in [0.717, 1.165) is 16.5 Å². The molecule has 0 aliphatic carbocycles. The Hall–Kier alpha value is -2.62. The quantitative estimate of drug-likeness (QED) is 0.714. The molecule has 22 heavy (non-hydrogen) atoms. The number of hydrogen-bond acceptors (Lipinski definition) is 4. The van der Waals surface area contributed by atoms with Crippen molar-refractivity contribution in [2.75, 3.05) is 5.73 Å². The van der Waals surface area contributed by atoms with Crippen LogP contribution in [0.3, 0.4) is 0 Å². The fourth-order valence-corrected chi connectivity index (χ4v) is 2.40. The maximum Gasteiger partial charge on any atom is 0.165 e. The lowest BCUT2D eigenvalue weighted by molar-refractivity contribution is 0.475. The molecule has 0 aliphatic rings. The molecule has 112 valence electrons. The lowest BCUT2D eigenvalue weighted by atomic mass is 9.86.